The summed E-state index contributed by atoms with van der Waals surface area (Å²) < 4.78 is 32.6. The van der Waals surface area contributed by atoms with Crippen LogP contribution in [-0.2, 0) is 10.0 Å². The first-order chi connectivity index (χ1) is 13.5. The van der Waals surface area contributed by atoms with Crippen LogP contribution in [0.3, 0.4) is 0 Å². The van der Waals surface area contributed by atoms with Crippen molar-refractivity contribution in [2.45, 2.75) is 17.7 Å². The number of hydrogen-bond acceptors (Lipinski definition) is 8. The predicted molar refractivity (Wildman–Crippen MR) is 104 cm³/mol. The molecule has 0 atom stereocenters. The van der Waals surface area contributed by atoms with Gasteiger partial charge in [0.2, 0.25) is 15.9 Å². The smallest absolute Gasteiger partial charge is 0.276 e. The van der Waals surface area contributed by atoms with Crippen molar-refractivity contribution in [3.63, 3.8) is 0 Å². The molecule has 1 amide bonds. The zero-order valence-electron chi connectivity index (χ0n) is 15.0. The first-order valence-corrected chi connectivity index (χ1v) is 10.8. The number of methoxy groups -OCH3 is 1. The van der Waals surface area contributed by atoms with Gasteiger partial charge in [-0.3, -0.25) is 10.1 Å². The van der Waals surface area contributed by atoms with E-state index in [2.05, 4.69) is 20.3 Å². The summed E-state index contributed by atoms with van der Waals surface area (Å²) in [5.41, 5.74) is 0.754. The molecule has 1 aromatic carbocycles. The van der Waals surface area contributed by atoms with Gasteiger partial charge in [-0.25, -0.2) is 23.4 Å². The molecule has 1 fully saturated rings. The van der Waals surface area contributed by atoms with Crippen molar-refractivity contribution in [3.8, 4) is 5.88 Å². The summed E-state index contributed by atoms with van der Waals surface area (Å²) in [6, 6.07) is 6.22. The van der Waals surface area contributed by atoms with Crippen LogP contribution in [0.5, 0.6) is 5.88 Å². The highest BCUT2D eigenvalue weighted by Gasteiger charge is 2.27. The van der Waals surface area contributed by atoms with Gasteiger partial charge >= 0.3 is 0 Å². The van der Waals surface area contributed by atoms with Gasteiger partial charge in [0.25, 0.3) is 5.91 Å². The van der Waals surface area contributed by atoms with Gasteiger partial charge in [0.05, 0.1) is 22.2 Å². The van der Waals surface area contributed by atoms with Gasteiger partial charge in [-0.05, 0) is 31.0 Å². The Kier molecular flexibility index (Phi) is 4.96. The summed E-state index contributed by atoms with van der Waals surface area (Å²) in [5, 5.41) is 3.03. The lowest BCUT2D eigenvalue weighted by molar-refractivity contribution is 0.102. The second-order valence-electron chi connectivity index (χ2n) is 6.16. The molecule has 1 aliphatic rings. The van der Waals surface area contributed by atoms with Crippen molar-refractivity contribution < 1.29 is 17.9 Å². The Morgan fingerprint density at radius 3 is 2.75 bits per heavy atom. The summed E-state index contributed by atoms with van der Waals surface area (Å²) in [5.74, 6) is -0.175. The maximum atomic E-state index is 12.7. The standard InChI is InChI=1S/C17H17N5O4S2/c1-26-15-9-13(18-10-19-15)16(23)21-17-20-12-5-4-11(8-14(12)27-17)28(24,25)22-6-2-3-7-22/h4-5,8-10H,2-3,6-7H2,1H3,(H,20,21,23). The summed E-state index contributed by atoms with van der Waals surface area (Å²) >= 11 is 1.20. The highest BCUT2D eigenvalue weighted by atomic mass is 32.2. The van der Waals surface area contributed by atoms with Crippen molar-refractivity contribution >= 4 is 42.6 Å². The first kappa shape index (κ1) is 18.7. The van der Waals surface area contributed by atoms with E-state index in [9.17, 15) is 13.2 Å². The number of thiazole rings is 1. The number of sulfonamides is 1. The minimum Gasteiger partial charge on any atom is -0.481 e. The molecule has 3 aromatic rings. The van der Waals surface area contributed by atoms with E-state index < -0.39 is 15.9 Å². The van der Waals surface area contributed by atoms with Gasteiger partial charge in [-0.2, -0.15) is 4.31 Å². The molecule has 0 saturated carbocycles. The first-order valence-electron chi connectivity index (χ1n) is 8.55. The van der Waals surface area contributed by atoms with Crippen LogP contribution in [0.25, 0.3) is 10.2 Å². The average molecular weight is 419 g/mol. The molecule has 1 aliphatic heterocycles. The predicted octanol–water partition coefficient (Wildman–Crippen LogP) is 2.13. The van der Waals surface area contributed by atoms with Gasteiger partial charge in [0.1, 0.15) is 12.0 Å². The van der Waals surface area contributed by atoms with Crippen LogP contribution >= 0.6 is 11.3 Å². The molecule has 11 heteroatoms. The number of amides is 1. The molecule has 3 heterocycles. The molecular weight excluding hydrogens is 402 g/mol. The molecule has 28 heavy (non-hydrogen) atoms. The van der Waals surface area contributed by atoms with Crippen molar-refractivity contribution in [2.24, 2.45) is 0 Å². The quantitative estimate of drug-likeness (QED) is 0.674. The van der Waals surface area contributed by atoms with Gasteiger partial charge in [-0.15, -0.1) is 0 Å². The fourth-order valence-electron chi connectivity index (χ4n) is 2.93. The second kappa shape index (κ2) is 7.41. The number of carbonyl (C=O) groups excluding carboxylic acids is 1. The van der Waals surface area contributed by atoms with Crippen LogP contribution in [0.15, 0.2) is 35.5 Å². The fourth-order valence-corrected chi connectivity index (χ4v) is 5.45. The molecule has 0 spiro atoms. The normalized spacial score (nSPS) is 15.0. The molecule has 0 bridgehead atoms. The molecule has 2 aromatic heterocycles. The Hall–Kier alpha value is -2.63. The number of aromatic nitrogens is 3. The van der Waals surface area contributed by atoms with Crippen molar-refractivity contribution in [3.05, 3.63) is 36.3 Å². The largest absolute Gasteiger partial charge is 0.481 e. The summed E-state index contributed by atoms with van der Waals surface area (Å²) in [6.45, 7) is 1.10. The number of ether oxygens (including phenoxy) is 1. The topological polar surface area (TPSA) is 114 Å². The number of hydrogen-bond donors (Lipinski definition) is 1. The van der Waals surface area contributed by atoms with E-state index >= 15 is 0 Å². The van der Waals surface area contributed by atoms with E-state index in [1.807, 2.05) is 0 Å². The van der Waals surface area contributed by atoms with E-state index in [1.165, 1.54) is 35.1 Å². The summed E-state index contributed by atoms with van der Waals surface area (Å²) in [4.78, 5) is 24.7. The molecule has 1 N–H and O–H groups in total. The van der Waals surface area contributed by atoms with Crippen LogP contribution < -0.4 is 10.1 Å². The van der Waals surface area contributed by atoms with Crippen LogP contribution in [0.4, 0.5) is 5.13 Å². The maximum Gasteiger partial charge on any atom is 0.276 e. The molecule has 146 valence electrons. The van der Waals surface area contributed by atoms with E-state index in [-0.39, 0.29) is 16.5 Å². The number of benzene rings is 1. The van der Waals surface area contributed by atoms with Crippen LogP contribution in [-0.4, -0.2) is 53.8 Å². The van der Waals surface area contributed by atoms with Crippen LogP contribution in [0.2, 0.25) is 0 Å². The number of fused-ring (bicyclic) bond motifs is 1. The Balaban J connectivity index is 1.58. The summed E-state index contributed by atoms with van der Waals surface area (Å²) in [7, 11) is -2.05. The third-order valence-corrected chi connectivity index (χ3v) is 7.20. The molecule has 4 rings (SSSR count). The van der Waals surface area contributed by atoms with Crippen molar-refractivity contribution in [1.82, 2.24) is 19.3 Å². The Morgan fingerprint density at radius 1 is 1.21 bits per heavy atom. The van der Waals surface area contributed by atoms with Crippen LogP contribution in [0, 0.1) is 0 Å². The fraction of sp³-hybridized carbons (Fsp3) is 0.294. The second-order valence-corrected chi connectivity index (χ2v) is 9.13. The zero-order valence-corrected chi connectivity index (χ0v) is 16.6. The Bertz CT molecular complexity index is 1140. The van der Waals surface area contributed by atoms with E-state index in [4.69, 9.17) is 4.74 Å². The van der Waals surface area contributed by atoms with Gasteiger partial charge < -0.3 is 4.74 Å². The minimum absolute atomic E-state index is 0.142. The minimum atomic E-state index is -3.50. The highest BCUT2D eigenvalue weighted by Crippen LogP contribution is 2.30. The third-order valence-electron chi connectivity index (χ3n) is 4.37. The lowest BCUT2D eigenvalue weighted by Crippen LogP contribution is -2.27. The lowest BCUT2D eigenvalue weighted by atomic mass is 10.3. The monoisotopic (exact) mass is 419 g/mol. The molecule has 1 saturated heterocycles. The third kappa shape index (κ3) is 3.55. The Morgan fingerprint density at radius 2 is 2.00 bits per heavy atom. The van der Waals surface area contributed by atoms with E-state index in [0.29, 0.717) is 28.4 Å². The molecule has 0 unspecified atom stereocenters. The lowest BCUT2D eigenvalue weighted by Gasteiger charge is -2.15. The van der Waals surface area contributed by atoms with E-state index in [0.717, 1.165) is 12.8 Å². The zero-order chi connectivity index (χ0) is 19.7. The van der Waals surface area contributed by atoms with Crippen molar-refractivity contribution in [2.75, 3.05) is 25.5 Å². The number of rotatable bonds is 5. The Labute approximate surface area is 165 Å². The molecule has 9 nitrogen and oxygen atoms in total. The maximum absolute atomic E-state index is 12.7. The number of carbonyl (C=O) groups is 1. The van der Waals surface area contributed by atoms with Crippen LogP contribution in [0.1, 0.15) is 23.3 Å². The molecule has 0 radical (unpaired) electrons. The molecule has 0 aliphatic carbocycles. The van der Waals surface area contributed by atoms with E-state index in [1.54, 1.807) is 18.2 Å². The van der Waals surface area contributed by atoms with Gasteiger partial charge in [0, 0.05) is 19.2 Å². The number of anilines is 1. The average Bonchev–Trinajstić information content (AvgIpc) is 3.37. The van der Waals surface area contributed by atoms with Gasteiger partial charge in [0.15, 0.2) is 5.13 Å². The van der Waals surface area contributed by atoms with Crippen molar-refractivity contribution in [1.29, 1.82) is 0 Å². The highest BCUT2D eigenvalue weighted by molar-refractivity contribution is 7.89. The summed E-state index contributed by atoms with van der Waals surface area (Å²) in [6.07, 6.45) is 3.00. The van der Waals surface area contributed by atoms with Gasteiger partial charge in [-0.1, -0.05) is 11.3 Å². The number of nitrogens with zero attached hydrogens (tertiary/aromatic N) is 4. The molecular formula is C17H17N5O4S2. The SMILES string of the molecule is COc1cc(C(=O)Nc2nc3ccc(S(=O)(=O)N4CCCC4)cc3s2)ncn1. The number of nitrogens with one attached hydrogen (secondary N) is 1.